The molecule has 1 atom stereocenters. The van der Waals surface area contributed by atoms with Crippen molar-refractivity contribution in [2.75, 3.05) is 26.2 Å². The SMILES string of the molecule is C=C(CNC(C)(C)C)CN1CCCC(CC)C1. The number of likely N-dealkylation sites (tertiary alicyclic amines) is 1. The molecule has 0 bridgehead atoms. The highest BCUT2D eigenvalue weighted by Crippen LogP contribution is 2.19. The lowest BCUT2D eigenvalue weighted by Crippen LogP contribution is -2.41. The summed E-state index contributed by atoms with van der Waals surface area (Å²) in [4.78, 5) is 2.57. The van der Waals surface area contributed by atoms with Crippen LogP contribution in [0.1, 0.15) is 47.0 Å². The molecule has 1 saturated heterocycles. The van der Waals surface area contributed by atoms with E-state index in [0.717, 1.165) is 19.0 Å². The van der Waals surface area contributed by atoms with Crippen LogP contribution in [0, 0.1) is 5.92 Å². The Morgan fingerprint density at radius 1 is 1.41 bits per heavy atom. The average molecular weight is 238 g/mol. The van der Waals surface area contributed by atoms with Crippen LogP contribution < -0.4 is 5.32 Å². The van der Waals surface area contributed by atoms with Gasteiger partial charge in [0.2, 0.25) is 0 Å². The van der Waals surface area contributed by atoms with Gasteiger partial charge in [-0.15, -0.1) is 0 Å². The first-order valence-corrected chi connectivity index (χ1v) is 7.04. The van der Waals surface area contributed by atoms with Crippen LogP contribution in [0.4, 0.5) is 0 Å². The van der Waals surface area contributed by atoms with Crippen LogP contribution in [0.25, 0.3) is 0 Å². The molecule has 0 radical (unpaired) electrons. The Bertz CT molecular complexity index is 240. The third-order valence-corrected chi connectivity index (χ3v) is 3.50. The van der Waals surface area contributed by atoms with E-state index in [0.29, 0.717) is 0 Å². The van der Waals surface area contributed by atoms with E-state index < -0.39 is 0 Å². The average Bonchev–Trinajstić information content (AvgIpc) is 2.26. The van der Waals surface area contributed by atoms with E-state index in [1.807, 2.05) is 0 Å². The molecule has 17 heavy (non-hydrogen) atoms. The minimum absolute atomic E-state index is 0.191. The lowest BCUT2D eigenvalue weighted by Gasteiger charge is -2.33. The van der Waals surface area contributed by atoms with Gasteiger partial charge in [0.05, 0.1) is 0 Å². The molecule has 0 aromatic carbocycles. The molecule has 100 valence electrons. The molecule has 1 rings (SSSR count). The fourth-order valence-electron chi connectivity index (χ4n) is 2.39. The van der Waals surface area contributed by atoms with Crippen LogP contribution in [0.2, 0.25) is 0 Å². The third kappa shape index (κ3) is 6.23. The minimum Gasteiger partial charge on any atom is -0.308 e. The minimum atomic E-state index is 0.191. The van der Waals surface area contributed by atoms with Gasteiger partial charge in [0.25, 0.3) is 0 Å². The Hall–Kier alpha value is -0.340. The van der Waals surface area contributed by atoms with Crippen molar-refractivity contribution in [3.8, 4) is 0 Å². The zero-order valence-corrected chi connectivity index (χ0v) is 12.2. The van der Waals surface area contributed by atoms with Crippen molar-refractivity contribution in [2.24, 2.45) is 5.92 Å². The molecular formula is C15H30N2. The quantitative estimate of drug-likeness (QED) is 0.741. The van der Waals surface area contributed by atoms with E-state index in [9.17, 15) is 0 Å². The summed E-state index contributed by atoms with van der Waals surface area (Å²) in [7, 11) is 0. The van der Waals surface area contributed by atoms with Crippen LogP contribution in [-0.2, 0) is 0 Å². The topological polar surface area (TPSA) is 15.3 Å². The summed E-state index contributed by atoms with van der Waals surface area (Å²) < 4.78 is 0. The van der Waals surface area contributed by atoms with E-state index in [4.69, 9.17) is 0 Å². The number of nitrogens with zero attached hydrogens (tertiary/aromatic N) is 1. The molecule has 1 aliphatic rings. The van der Waals surface area contributed by atoms with E-state index in [1.54, 1.807) is 0 Å². The second kappa shape index (κ2) is 6.55. The number of rotatable bonds is 5. The summed E-state index contributed by atoms with van der Waals surface area (Å²) in [6.45, 7) is 17.7. The van der Waals surface area contributed by atoms with Gasteiger partial charge in [-0.05, 0) is 51.6 Å². The van der Waals surface area contributed by atoms with Gasteiger partial charge in [0, 0.05) is 25.2 Å². The van der Waals surface area contributed by atoms with E-state index in [2.05, 4.69) is 44.5 Å². The fourth-order valence-corrected chi connectivity index (χ4v) is 2.39. The first-order chi connectivity index (χ1) is 7.90. The highest BCUT2D eigenvalue weighted by Gasteiger charge is 2.19. The maximum absolute atomic E-state index is 4.20. The van der Waals surface area contributed by atoms with Crippen molar-refractivity contribution in [1.82, 2.24) is 10.2 Å². The molecule has 2 heteroatoms. The van der Waals surface area contributed by atoms with Crippen LogP contribution >= 0.6 is 0 Å². The Balaban J connectivity index is 2.26. The number of hydrogen-bond acceptors (Lipinski definition) is 2. The van der Waals surface area contributed by atoms with Crippen LogP contribution in [0.15, 0.2) is 12.2 Å². The molecule has 1 N–H and O–H groups in total. The number of hydrogen-bond donors (Lipinski definition) is 1. The standard InChI is InChI=1S/C15H30N2/c1-6-14-8-7-9-17(12-14)11-13(2)10-16-15(3,4)5/h14,16H,2,6-12H2,1,3-5H3. The number of nitrogens with one attached hydrogen (secondary N) is 1. The van der Waals surface area contributed by atoms with E-state index in [1.165, 1.54) is 37.9 Å². The van der Waals surface area contributed by atoms with Gasteiger partial charge in [-0.3, -0.25) is 4.90 Å². The summed E-state index contributed by atoms with van der Waals surface area (Å²) >= 11 is 0. The summed E-state index contributed by atoms with van der Waals surface area (Å²) in [6, 6.07) is 0. The Morgan fingerprint density at radius 3 is 2.71 bits per heavy atom. The normalized spacial score (nSPS) is 22.7. The Kier molecular flexibility index (Phi) is 5.68. The van der Waals surface area contributed by atoms with Crippen molar-refractivity contribution in [2.45, 2.75) is 52.5 Å². The van der Waals surface area contributed by atoms with Crippen molar-refractivity contribution in [1.29, 1.82) is 0 Å². The zero-order valence-electron chi connectivity index (χ0n) is 12.2. The molecule has 0 aromatic rings. The van der Waals surface area contributed by atoms with Crippen LogP contribution in [0.5, 0.6) is 0 Å². The molecule has 0 spiro atoms. The summed E-state index contributed by atoms with van der Waals surface area (Å²) in [5.74, 6) is 0.909. The van der Waals surface area contributed by atoms with Gasteiger partial charge in [-0.25, -0.2) is 0 Å². The zero-order chi connectivity index (χ0) is 12.9. The molecule has 0 saturated carbocycles. The van der Waals surface area contributed by atoms with Crippen molar-refractivity contribution >= 4 is 0 Å². The Labute approximate surface area is 107 Å². The maximum Gasteiger partial charge on any atom is 0.0202 e. The van der Waals surface area contributed by atoms with Crippen molar-refractivity contribution < 1.29 is 0 Å². The number of piperidine rings is 1. The molecular weight excluding hydrogens is 208 g/mol. The molecule has 2 nitrogen and oxygen atoms in total. The predicted molar refractivity (Wildman–Crippen MR) is 76.4 cm³/mol. The van der Waals surface area contributed by atoms with E-state index >= 15 is 0 Å². The predicted octanol–water partition coefficient (Wildman–Crippen LogP) is 3.05. The van der Waals surface area contributed by atoms with Crippen molar-refractivity contribution in [3.05, 3.63) is 12.2 Å². The smallest absolute Gasteiger partial charge is 0.0202 e. The highest BCUT2D eigenvalue weighted by atomic mass is 15.1. The first kappa shape index (κ1) is 14.7. The van der Waals surface area contributed by atoms with Crippen LogP contribution in [0.3, 0.4) is 0 Å². The molecule has 1 unspecified atom stereocenters. The summed E-state index contributed by atoms with van der Waals surface area (Å²) in [5.41, 5.74) is 1.51. The molecule has 1 aliphatic heterocycles. The summed E-state index contributed by atoms with van der Waals surface area (Å²) in [5, 5.41) is 3.51. The Morgan fingerprint density at radius 2 is 2.12 bits per heavy atom. The molecule has 1 heterocycles. The van der Waals surface area contributed by atoms with Gasteiger partial charge in [0.15, 0.2) is 0 Å². The molecule has 1 fully saturated rings. The fraction of sp³-hybridized carbons (Fsp3) is 0.867. The molecule has 0 amide bonds. The molecule has 0 aromatic heterocycles. The van der Waals surface area contributed by atoms with Gasteiger partial charge in [-0.2, -0.15) is 0 Å². The van der Waals surface area contributed by atoms with Gasteiger partial charge >= 0.3 is 0 Å². The third-order valence-electron chi connectivity index (χ3n) is 3.50. The lowest BCUT2D eigenvalue weighted by molar-refractivity contribution is 0.183. The second-order valence-electron chi connectivity index (χ2n) is 6.51. The van der Waals surface area contributed by atoms with Crippen molar-refractivity contribution in [3.63, 3.8) is 0 Å². The largest absolute Gasteiger partial charge is 0.308 e. The summed E-state index contributed by atoms with van der Waals surface area (Å²) in [6.07, 6.45) is 4.10. The lowest BCUT2D eigenvalue weighted by atomic mass is 9.95. The second-order valence-corrected chi connectivity index (χ2v) is 6.51. The van der Waals surface area contributed by atoms with Gasteiger partial charge < -0.3 is 5.32 Å². The van der Waals surface area contributed by atoms with E-state index in [-0.39, 0.29) is 5.54 Å². The van der Waals surface area contributed by atoms with Crippen LogP contribution in [-0.4, -0.2) is 36.6 Å². The molecule has 0 aliphatic carbocycles. The first-order valence-electron chi connectivity index (χ1n) is 7.04. The maximum atomic E-state index is 4.20. The van der Waals surface area contributed by atoms with Gasteiger partial charge in [-0.1, -0.05) is 19.9 Å². The highest BCUT2D eigenvalue weighted by molar-refractivity contribution is 5.01. The monoisotopic (exact) mass is 238 g/mol. The van der Waals surface area contributed by atoms with Gasteiger partial charge in [0.1, 0.15) is 0 Å².